The Balaban J connectivity index is 1.55. The summed E-state index contributed by atoms with van der Waals surface area (Å²) < 4.78 is 18.6. The molecule has 0 unspecified atom stereocenters. The number of nitrogens with zero attached hydrogens (tertiary/aromatic N) is 3. The summed E-state index contributed by atoms with van der Waals surface area (Å²) in [5, 5.41) is 5.73. The van der Waals surface area contributed by atoms with Gasteiger partial charge in [-0.05, 0) is 56.3 Å². The molecule has 2 N–H and O–H groups in total. The van der Waals surface area contributed by atoms with Gasteiger partial charge in [-0.2, -0.15) is 0 Å². The number of methoxy groups -OCH3 is 1. The van der Waals surface area contributed by atoms with Crippen molar-refractivity contribution in [3.63, 3.8) is 0 Å². The molecule has 0 radical (unpaired) electrons. The van der Waals surface area contributed by atoms with Gasteiger partial charge < -0.3 is 30.1 Å². The number of nitrogens with one attached hydrogen (secondary N) is 2. The molecular weight excluding hydrogens is 465 g/mol. The topological polar surface area (TPSA) is 94.2 Å². The second-order valence-corrected chi connectivity index (χ2v) is 8.90. The monoisotopic (exact) mass is 499 g/mol. The molecule has 9 nitrogen and oxygen atoms in total. The summed E-state index contributed by atoms with van der Waals surface area (Å²) in [7, 11) is 1.51. The standard InChI is InChI=1S/C26H34FN5O4/c1-19(2)28-26(35)31-13-11-30(12-14-31)23-9-7-22(8-10-23)29-24(33)18-32(15-16-36-3)25(34)20-5-4-6-21(27)17-20/h4-10,17,19H,11-16,18H2,1-3H3,(H,28,35)(H,29,33). The number of carbonyl (C=O) groups is 3. The van der Waals surface area contributed by atoms with E-state index in [4.69, 9.17) is 4.74 Å². The molecular formula is C26H34FN5O4. The van der Waals surface area contributed by atoms with Gasteiger partial charge in [0.25, 0.3) is 5.91 Å². The number of ether oxygens (including phenoxy) is 1. The van der Waals surface area contributed by atoms with E-state index in [2.05, 4.69) is 15.5 Å². The number of hydrogen-bond acceptors (Lipinski definition) is 5. The first kappa shape index (κ1) is 26.9. The Hall–Kier alpha value is -3.66. The van der Waals surface area contributed by atoms with E-state index in [0.29, 0.717) is 31.9 Å². The highest BCUT2D eigenvalue weighted by molar-refractivity contribution is 5.99. The maximum Gasteiger partial charge on any atom is 0.317 e. The van der Waals surface area contributed by atoms with Crippen molar-refractivity contribution in [1.82, 2.24) is 15.1 Å². The van der Waals surface area contributed by atoms with Crippen LogP contribution in [0.1, 0.15) is 24.2 Å². The fraction of sp³-hybridized carbons (Fsp3) is 0.423. The average Bonchev–Trinajstić information content (AvgIpc) is 2.86. The van der Waals surface area contributed by atoms with Gasteiger partial charge in [-0.15, -0.1) is 0 Å². The minimum atomic E-state index is -0.516. The van der Waals surface area contributed by atoms with Gasteiger partial charge in [-0.3, -0.25) is 9.59 Å². The Bertz CT molecular complexity index is 1040. The molecule has 3 rings (SSSR count). The van der Waals surface area contributed by atoms with Crippen molar-refractivity contribution in [2.24, 2.45) is 0 Å². The summed E-state index contributed by atoms with van der Waals surface area (Å²) in [5.41, 5.74) is 1.77. The number of anilines is 2. The maximum atomic E-state index is 13.6. The van der Waals surface area contributed by atoms with E-state index in [1.165, 1.54) is 30.2 Å². The molecule has 0 atom stereocenters. The minimum Gasteiger partial charge on any atom is -0.383 e. The van der Waals surface area contributed by atoms with Crippen molar-refractivity contribution in [1.29, 1.82) is 0 Å². The van der Waals surface area contributed by atoms with Crippen LogP contribution in [0.3, 0.4) is 0 Å². The van der Waals surface area contributed by atoms with E-state index in [-0.39, 0.29) is 43.2 Å². The van der Waals surface area contributed by atoms with Crippen molar-refractivity contribution in [3.8, 4) is 0 Å². The number of halogens is 1. The number of benzene rings is 2. The Morgan fingerprint density at radius 3 is 2.36 bits per heavy atom. The van der Waals surface area contributed by atoms with E-state index in [1.54, 1.807) is 12.1 Å². The largest absolute Gasteiger partial charge is 0.383 e. The van der Waals surface area contributed by atoms with E-state index < -0.39 is 11.7 Å². The molecule has 0 bridgehead atoms. The first-order chi connectivity index (χ1) is 17.3. The lowest BCUT2D eigenvalue weighted by molar-refractivity contribution is -0.117. The maximum absolute atomic E-state index is 13.6. The smallest absolute Gasteiger partial charge is 0.317 e. The van der Waals surface area contributed by atoms with Crippen LogP contribution in [0.15, 0.2) is 48.5 Å². The third kappa shape index (κ3) is 7.67. The fourth-order valence-corrected chi connectivity index (χ4v) is 3.89. The van der Waals surface area contributed by atoms with Crippen LogP contribution in [-0.2, 0) is 9.53 Å². The zero-order valence-corrected chi connectivity index (χ0v) is 21.0. The number of amides is 4. The van der Waals surface area contributed by atoms with Gasteiger partial charge in [0.15, 0.2) is 0 Å². The van der Waals surface area contributed by atoms with Crippen LogP contribution in [0.4, 0.5) is 20.6 Å². The molecule has 1 aliphatic rings. The first-order valence-corrected chi connectivity index (χ1v) is 12.0. The van der Waals surface area contributed by atoms with Crippen LogP contribution < -0.4 is 15.5 Å². The molecule has 0 spiro atoms. The van der Waals surface area contributed by atoms with Gasteiger partial charge in [-0.1, -0.05) is 6.07 Å². The molecule has 4 amide bonds. The van der Waals surface area contributed by atoms with Crippen molar-refractivity contribution in [3.05, 3.63) is 59.9 Å². The van der Waals surface area contributed by atoms with Crippen molar-refractivity contribution in [2.75, 3.05) is 63.2 Å². The summed E-state index contributed by atoms with van der Waals surface area (Å²) in [6.07, 6.45) is 0. The molecule has 194 valence electrons. The zero-order valence-electron chi connectivity index (χ0n) is 21.0. The Kier molecular flexibility index (Phi) is 9.63. The van der Waals surface area contributed by atoms with E-state index in [0.717, 1.165) is 11.8 Å². The highest BCUT2D eigenvalue weighted by atomic mass is 19.1. The molecule has 36 heavy (non-hydrogen) atoms. The van der Waals surface area contributed by atoms with Gasteiger partial charge in [0, 0.05) is 62.8 Å². The van der Waals surface area contributed by atoms with Gasteiger partial charge >= 0.3 is 6.03 Å². The molecule has 2 aromatic rings. The van der Waals surface area contributed by atoms with Crippen LogP contribution in [-0.4, -0.2) is 86.7 Å². The molecule has 1 saturated heterocycles. The van der Waals surface area contributed by atoms with Crippen molar-refractivity contribution >= 4 is 29.2 Å². The Labute approximate surface area is 211 Å². The van der Waals surface area contributed by atoms with Gasteiger partial charge in [-0.25, -0.2) is 9.18 Å². The Morgan fingerprint density at radius 2 is 1.75 bits per heavy atom. The van der Waals surface area contributed by atoms with Crippen molar-refractivity contribution < 1.29 is 23.5 Å². The number of piperazine rings is 1. The quantitative estimate of drug-likeness (QED) is 0.554. The molecule has 1 heterocycles. The lowest BCUT2D eigenvalue weighted by Gasteiger charge is -2.36. The second-order valence-electron chi connectivity index (χ2n) is 8.90. The number of urea groups is 1. The lowest BCUT2D eigenvalue weighted by Crippen LogP contribution is -2.52. The molecule has 0 aliphatic carbocycles. The van der Waals surface area contributed by atoms with Crippen LogP contribution in [0.2, 0.25) is 0 Å². The normalized spacial score (nSPS) is 13.5. The predicted octanol–water partition coefficient (Wildman–Crippen LogP) is 2.79. The molecule has 1 fully saturated rings. The molecule has 1 aliphatic heterocycles. The zero-order chi connectivity index (χ0) is 26.1. The third-order valence-electron chi connectivity index (χ3n) is 5.75. The van der Waals surface area contributed by atoms with Crippen LogP contribution >= 0.6 is 0 Å². The fourth-order valence-electron chi connectivity index (χ4n) is 3.89. The summed E-state index contributed by atoms with van der Waals surface area (Å²) in [6, 6.07) is 12.9. The summed E-state index contributed by atoms with van der Waals surface area (Å²) in [6.45, 7) is 6.82. The summed E-state index contributed by atoms with van der Waals surface area (Å²) in [5.74, 6) is -1.33. The SMILES string of the molecule is COCCN(CC(=O)Nc1ccc(N2CCN(C(=O)NC(C)C)CC2)cc1)C(=O)c1cccc(F)c1. The predicted molar refractivity (Wildman–Crippen MR) is 137 cm³/mol. The number of hydrogen-bond donors (Lipinski definition) is 2. The summed E-state index contributed by atoms with van der Waals surface area (Å²) >= 11 is 0. The first-order valence-electron chi connectivity index (χ1n) is 12.0. The minimum absolute atomic E-state index is 0.0434. The highest BCUT2D eigenvalue weighted by Crippen LogP contribution is 2.20. The molecule has 0 aromatic heterocycles. The number of carbonyl (C=O) groups excluding carboxylic acids is 3. The van der Waals surface area contributed by atoms with Gasteiger partial charge in [0.1, 0.15) is 12.4 Å². The van der Waals surface area contributed by atoms with Gasteiger partial charge in [0.2, 0.25) is 5.91 Å². The average molecular weight is 500 g/mol. The molecule has 2 aromatic carbocycles. The van der Waals surface area contributed by atoms with Crippen LogP contribution in [0.25, 0.3) is 0 Å². The van der Waals surface area contributed by atoms with E-state index in [1.807, 2.05) is 30.9 Å². The van der Waals surface area contributed by atoms with Gasteiger partial charge in [0.05, 0.1) is 6.61 Å². The Morgan fingerprint density at radius 1 is 1.06 bits per heavy atom. The van der Waals surface area contributed by atoms with E-state index in [9.17, 15) is 18.8 Å². The lowest BCUT2D eigenvalue weighted by atomic mass is 10.2. The summed E-state index contributed by atoms with van der Waals surface area (Å²) in [4.78, 5) is 43.0. The second kappa shape index (κ2) is 12.9. The number of rotatable bonds is 9. The molecule has 10 heteroatoms. The van der Waals surface area contributed by atoms with Crippen LogP contribution in [0, 0.1) is 5.82 Å². The third-order valence-corrected chi connectivity index (χ3v) is 5.75. The van der Waals surface area contributed by atoms with Crippen molar-refractivity contribution in [2.45, 2.75) is 19.9 Å². The van der Waals surface area contributed by atoms with Crippen LogP contribution in [0.5, 0.6) is 0 Å². The van der Waals surface area contributed by atoms with E-state index >= 15 is 0 Å². The molecule has 0 saturated carbocycles. The highest BCUT2D eigenvalue weighted by Gasteiger charge is 2.22.